The third-order valence-electron chi connectivity index (χ3n) is 7.30. The SMILES string of the molecule is N#Cc1cnc(NCc2ccccc2OC(F)(F)F)nc1NC[C@]12CC3C[C@H](C1)C(=O)[C@@H](C3)C2. The standard InChI is InChI=1S/C24H24F3N5O2/c25-24(26,27)34-19-4-2-1-3-15(19)11-29-22-30-12-18(10-28)21(32-22)31-13-23-7-14-5-16(8-23)20(33)17(6-14)9-23/h1-4,12,14,16-17H,5-9,11,13H2,(H2,29,30,31,32)/t14?,16-,17+,23-. The Morgan fingerprint density at radius 2 is 1.88 bits per heavy atom. The van der Waals surface area contributed by atoms with Gasteiger partial charge in [-0.3, -0.25) is 4.79 Å². The van der Waals surface area contributed by atoms with Gasteiger partial charge in [0.1, 0.15) is 29.0 Å². The molecular weight excluding hydrogens is 447 g/mol. The number of carbonyl (C=O) groups excluding carboxylic acids is 1. The minimum atomic E-state index is -4.79. The number of anilines is 2. The second-order valence-corrected chi connectivity index (χ2v) is 9.68. The Bertz CT molecular complexity index is 1130. The van der Waals surface area contributed by atoms with Crippen LogP contribution in [0.2, 0.25) is 0 Å². The number of ketones is 1. The highest BCUT2D eigenvalue weighted by molar-refractivity contribution is 5.85. The van der Waals surface area contributed by atoms with Gasteiger partial charge < -0.3 is 15.4 Å². The summed E-state index contributed by atoms with van der Waals surface area (Å²) in [5.74, 6) is 1.59. The Kier molecular flexibility index (Phi) is 5.58. The van der Waals surface area contributed by atoms with E-state index in [-0.39, 0.29) is 41.1 Å². The van der Waals surface area contributed by atoms with Crippen LogP contribution < -0.4 is 15.4 Å². The molecule has 34 heavy (non-hydrogen) atoms. The highest BCUT2D eigenvalue weighted by atomic mass is 19.4. The largest absolute Gasteiger partial charge is 0.573 e. The molecule has 1 heterocycles. The van der Waals surface area contributed by atoms with Crippen LogP contribution in [0.3, 0.4) is 0 Å². The van der Waals surface area contributed by atoms with Gasteiger partial charge in [-0.1, -0.05) is 18.2 Å². The predicted octanol–water partition coefficient (Wildman–Crippen LogP) is 4.67. The van der Waals surface area contributed by atoms with E-state index in [1.165, 1.54) is 24.4 Å². The van der Waals surface area contributed by atoms with Gasteiger partial charge in [0.15, 0.2) is 0 Å². The van der Waals surface area contributed by atoms with E-state index in [1.807, 2.05) is 0 Å². The molecule has 0 spiro atoms. The van der Waals surface area contributed by atoms with Crippen molar-refractivity contribution in [2.75, 3.05) is 17.2 Å². The van der Waals surface area contributed by atoms with Crippen molar-refractivity contribution in [2.45, 2.75) is 45.0 Å². The van der Waals surface area contributed by atoms with Crippen molar-refractivity contribution in [3.8, 4) is 11.8 Å². The van der Waals surface area contributed by atoms with E-state index in [4.69, 9.17) is 0 Å². The van der Waals surface area contributed by atoms with Crippen LogP contribution in [0.5, 0.6) is 5.75 Å². The third kappa shape index (κ3) is 4.52. The topological polar surface area (TPSA) is 99.9 Å². The van der Waals surface area contributed by atoms with Crippen molar-refractivity contribution in [3.05, 3.63) is 41.6 Å². The highest BCUT2D eigenvalue weighted by Gasteiger charge is 2.54. The Morgan fingerprint density at radius 3 is 2.59 bits per heavy atom. The molecule has 4 fully saturated rings. The van der Waals surface area contributed by atoms with Crippen LogP contribution in [0.1, 0.15) is 43.2 Å². The van der Waals surface area contributed by atoms with Crippen molar-refractivity contribution in [1.82, 2.24) is 9.97 Å². The van der Waals surface area contributed by atoms with E-state index in [0.717, 1.165) is 32.1 Å². The van der Waals surface area contributed by atoms with Gasteiger partial charge in [0, 0.05) is 30.5 Å². The molecule has 2 aromatic rings. The normalized spacial score (nSPS) is 27.4. The van der Waals surface area contributed by atoms with Crippen molar-refractivity contribution >= 4 is 17.5 Å². The number of nitrogens with zero attached hydrogens (tertiary/aromatic N) is 3. The van der Waals surface area contributed by atoms with Crippen molar-refractivity contribution in [3.63, 3.8) is 0 Å². The molecule has 2 N–H and O–H groups in total. The number of para-hydroxylation sites is 1. The summed E-state index contributed by atoms with van der Waals surface area (Å²) in [5.41, 5.74) is 0.608. The smallest absolute Gasteiger partial charge is 0.405 e. The summed E-state index contributed by atoms with van der Waals surface area (Å²) in [6, 6.07) is 7.92. The van der Waals surface area contributed by atoms with Crippen molar-refractivity contribution in [1.29, 1.82) is 5.26 Å². The highest BCUT2D eigenvalue weighted by Crippen LogP contribution is 2.58. The lowest BCUT2D eigenvalue weighted by Gasteiger charge is -2.55. The second kappa shape index (κ2) is 8.46. The van der Waals surface area contributed by atoms with Gasteiger partial charge in [-0.05, 0) is 49.5 Å². The van der Waals surface area contributed by atoms with Gasteiger partial charge in [0.05, 0.1) is 6.20 Å². The minimum absolute atomic E-state index is 0.00861. The summed E-state index contributed by atoms with van der Waals surface area (Å²) in [4.78, 5) is 21.0. The number of benzene rings is 1. The number of ether oxygens (including phenoxy) is 1. The maximum Gasteiger partial charge on any atom is 0.573 e. The van der Waals surface area contributed by atoms with Crippen LogP contribution >= 0.6 is 0 Å². The monoisotopic (exact) mass is 471 g/mol. The van der Waals surface area contributed by atoms with Gasteiger partial charge in [-0.15, -0.1) is 13.2 Å². The molecule has 0 aliphatic heterocycles. The average Bonchev–Trinajstić information content (AvgIpc) is 2.79. The fraction of sp³-hybridized carbons (Fsp3) is 0.500. The number of halogens is 3. The Labute approximate surface area is 194 Å². The van der Waals surface area contributed by atoms with Gasteiger partial charge in [0.2, 0.25) is 5.95 Å². The van der Waals surface area contributed by atoms with E-state index < -0.39 is 6.36 Å². The molecule has 4 aliphatic rings. The Hall–Kier alpha value is -3.35. The van der Waals surface area contributed by atoms with Gasteiger partial charge in [0.25, 0.3) is 0 Å². The molecule has 7 nitrogen and oxygen atoms in total. The predicted molar refractivity (Wildman–Crippen MR) is 117 cm³/mol. The van der Waals surface area contributed by atoms with E-state index >= 15 is 0 Å². The lowest BCUT2D eigenvalue weighted by molar-refractivity contribution is -0.274. The number of nitriles is 1. The summed E-state index contributed by atoms with van der Waals surface area (Å²) in [5, 5.41) is 15.7. The fourth-order valence-electron chi connectivity index (χ4n) is 6.13. The molecule has 1 aromatic carbocycles. The van der Waals surface area contributed by atoms with Crippen LogP contribution in [-0.4, -0.2) is 28.7 Å². The zero-order valence-electron chi connectivity index (χ0n) is 18.4. The van der Waals surface area contributed by atoms with E-state index in [1.54, 1.807) is 6.07 Å². The lowest BCUT2D eigenvalue weighted by atomic mass is 9.49. The summed E-state index contributed by atoms with van der Waals surface area (Å²) in [7, 11) is 0. The van der Waals surface area contributed by atoms with Gasteiger partial charge in [-0.25, -0.2) is 4.98 Å². The zero-order chi connectivity index (χ0) is 23.9. The number of carbonyl (C=O) groups is 1. The third-order valence-corrected chi connectivity index (χ3v) is 7.30. The molecular formula is C24H24F3N5O2. The fourth-order valence-corrected chi connectivity index (χ4v) is 6.13. The Morgan fingerprint density at radius 1 is 1.15 bits per heavy atom. The molecule has 4 bridgehead atoms. The van der Waals surface area contributed by atoms with Crippen LogP contribution in [0.25, 0.3) is 0 Å². The van der Waals surface area contributed by atoms with Crippen LogP contribution in [-0.2, 0) is 11.3 Å². The quantitative estimate of drug-likeness (QED) is 0.606. The summed E-state index contributed by atoms with van der Waals surface area (Å²) >= 11 is 0. The number of Topliss-reactive ketones (excluding diaryl/α,β-unsaturated/α-hetero) is 1. The number of hydrogen-bond acceptors (Lipinski definition) is 7. The number of nitrogens with one attached hydrogen (secondary N) is 2. The first kappa shape index (κ1) is 22.4. The van der Waals surface area contributed by atoms with Gasteiger partial charge in [-0.2, -0.15) is 10.2 Å². The molecule has 6 rings (SSSR count). The number of rotatable bonds is 7. The summed E-state index contributed by atoms with van der Waals surface area (Å²) in [6.45, 7) is 0.631. The number of alkyl halides is 3. The second-order valence-electron chi connectivity index (χ2n) is 9.68. The molecule has 0 saturated heterocycles. The molecule has 1 aromatic heterocycles. The lowest BCUT2D eigenvalue weighted by Crippen LogP contribution is -2.53. The maximum absolute atomic E-state index is 12.7. The van der Waals surface area contributed by atoms with E-state index in [2.05, 4.69) is 31.4 Å². The molecule has 178 valence electrons. The maximum atomic E-state index is 12.7. The summed E-state index contributed by atoms with van der Waals surface area (Å²) in [6.07, 6.45) is 1.43. The zero-order valence-corrected chi connectivity index (χ0v) is 18.4. The van der Waals surface area contributed by atoms with E-state index in [0.29, 0.717) is 29.6 Å². The first-order valence-corrected chi connectivity index (χ1v) is 11.4. The number of aromatic nitrogens is 2. The first-order valence-electron chi connectivity index (χ1n) is 11.4. The average molecular weight is 471 g/mol. The molecule has 0 amide bonds. The first-order chi connectivity index (χ1) is 16.2. The molecule has 4 atom stereocenters. The van der Waals surface area contributed by atoms with Crippen molar-refractivity contribution < 1.29 is 22.7 Å². The molecule has 4 aliphatic carbocycles. The molecule has 4 saturated carbocycles. The Balaban J connectivity index is 1.28. The summed E-state index contributed by atoms with van der Waals surface area (Å²) < 4.78 is 42.1. The van der Waals surface area contributed by atoms with Gasteiger partial charge >= 0.3 is 6.36 Å². The minimum Gasteiger partial charge on any atom is -0.405 e. The van der Waals surface area contributed by atoms with Crippen LogP contribution in [0.15, 0.2) is 30.5 Å². The van der Waals surface area contributed by atoms with E-state index in [9.17, 15) is 23.2 Å². The van der Waals surface area contributed by atoms with Crippen LogP contribution in [0.4, 0.5) is 24.9 Å². The van der Waals surface area contributed by atoms with Crippen molar-refractivity contribution in [2.24, 2.45) is 23.2 Å². The van der Waals surface area contributed by atoms with Crippen LogP contribution in [0, 0.1) is 34.5 Å². The molecule has 1 unspecified atom stereocenters. The molecule has 10 heteroatoms. The number of hydrogen-bond donors (Lipinski definition) is 2. The molecule has 0 radical (unpaired) electrons.